The van der Waals surface area contributed by atoms with E-state index in [0.717, 1.165) is 37.9 Å². The smallest absolute Gasteiger partial charge is 0.0594 e. The van der Waals surface area contributed by atoms with Crippen molar-refractivity contribution in [3.8, 4) is 0 Å². The zero-order chi connectivity index (χ0) is 9.80. The highest BCUT2D eigenvalue weighted by Gasteiger charge is 2.09. The molecule has 0 amide bonds. The van der Waals surface area contributed by atoms with Crippen molar-refractivity contribution in [3.05, 3.63) is 34.9 Å². The van der Waals surface area contributed by atoms with Crippen LogP contribution in [0.15, 0.2) is 24.3 Å². The van der Waals surface area contributed by atoms with Gasteiger partial charge in [0.25, 0.3) is 0 Å². The van der Waals surface area contributed by atoms with Crippen molar-refractivity contribution in [2.75, 3.05) is 26.3 Å². The molecular formula is C11H15Cl2NO. The first-order valence-corrected chi connectivity index (χ1v) is 5.27. The highest BCUT2D eigenvalue weighted by Crippen LogP contribution is 2.12. The SMILES string of the molecule is Cl.Clc1ccc(CN2CCOCC2)cc1. The lowest BCUT2D eigenvalue weighted by atomic mass is 10.2. The molecule has 0 spiro atoms. The van der Waals surface area contributed by atoms with E-state index >= 15 is 0 Å². The summed E-state index contributed by atoms with van der Waals surface area (Å²) in [4.78, 5) is 2.40. The van der Waals surface area contributed by atoms with E-state index in [2.05, 4.69) is 17.0 Å². The van der Waals surface area contributed by atoms with Gasteiger partial charge in [-0.05, 0) is 17.7 Å². The van der Waals surface area contributed by atoms with Gasteiger partial charge in [0.05, 0.1) is 13.2 Å². The summed E-state index contributed by atoms with van der Waals surface area (Å²) >= 11 is 5.82. The largest absolute Gasteiger partial charge is 0.379 e. The molecule has 4 heteroatoms. The minimum Gasteiger partial charge on any atom is -0.379 e. The number of hydrogen-bond acceptors (Lipinski definition) is 2. The second kappa shape index (κ2) is 6.33. The molecule has 1 aliphatic rings. The van der Waals surface area contributed by atoms with Gasteiger partial charge in [0.15, 0.2) is 0 Å². The van der Waals surface area contributed by atoms with Gasteiger partial charge in [0.1, 0.15) is 0 Å². The summed E-state index contributed by atoms with van der Waals surface area (Å²) in [5, 5.41) is 0.802. The average Bonchev–Trinajstić information content (AvgIpc) is 2.23. The van der Waals surface area contributed by atoms with Gasteiger partial charge in [-0.15, -0.1) is 12.4 Å². The highest BCUT2D eigenvalue weighted by atomic mass is 35.5. The zero-order valence-electron chi connectivity index (χ0n) is 8.49. The van der Waals surface area contributed by atoms with Gasteiger partial charge >= 0.3 is 0 Å². The molecule has 1 saturated heterocycles. The quantitative estimate of drug-likeness (QED) is 0.797. The molecular weight excluding hydrogens is 233 g/mol. The standard InChI is InChI=1S/C11H14ClNO.ClH/c12-11-3-1-10(2-4-11)9-13-5-7-14-8-6-13;/h1-4H,5-9H2;1H. The molecule has 2 nitrogen and oxygen atoms in total. The monoisotopic (exact) mass is 247 g/mol. The van der Waals surface area contributed by atoms with Crippen molar-refractivity contribution in [3.63, 3.8) is 0 Å². The van der Waals surface area contributed by atoms with Crippen LogP contribution in [0.2, 0.25) is 5.02 Å². The van der Waals surface area contributed by atoms with Crippen molar-refractivity contribution in [1.29, 1.82) is 0 Å². The zero-order valence-corrected chi connectivity index (χ0v) is 10.1. The van der Waals surface area contributed by atoms with Crippen LogP contribution in [0.3, 0.4) is 0 Å². The molecule has 2 rings (SSSR count). The predicted molar refractivity (Wildman–Crippen MR) is 64.8 cm³/mol. The Morgan fingerprint density at radius 3 is 2.33 bits per heavy atom. The van der Waals surface area contributed by atoms with Crippen LogP contribution in [0, 0.1) is 0 Å². The summed E-state index contributed by atoms with van der Waals surface area (Å²) in [6.07, 6.45) is 0. The first-order chi connectivity index (χ1) is 6.84. The molecule has 0 N–H and O–H groups in total. The molecule has 15 heavy (non-hydrogen) atoms. The number of halogens is 2. The van der Waals surface area contributed by atoms with E-state index in [1.165, 1.54) is 5.56 Å². The lowest BCUT2D eigenvalue weighted by Crippen LogP contribution is -2.35. The minimum atomic E-state index is 0. The second-order valence-electron chi connectivity index (χ2n) is 3.51. The molecule has 1 fully saturated rings. The molecule has 0 unspecified atom stereocenters. The topological polar surface area (TPSA) is 12.5 Å². The summed E-state index contributed by atoms with van der Waals surface area (Å²) in [7, 11) is 0. The van der Waals surface area contributed by atoms with E-state index < -0.39 is 0 Å². The third-order valence-electron chi connectivity index (χ3n) is 2.42. The summed E-state index contributed by atoms with van der Waals surface area (Å²) in [5.74, 6) is 0. The fourth-order valence-electron chi connectivity index (χ4n) is 1.61. The lowest BCUT2D eigenvalue weighted by molar-refractivity contribution is 0.0342. The molecule has 1 aromatic carbocycles. The Hall–Kier alpha value is -0.280. The molecule has 84 valence electrons. The van der Waals surface area contributed by atoms with Crippen LogP contribution >= 0.6 is 24.0 Å². The van der Waals surface area contributed by atoms with Crippen LogP contribution in [0.5, 0.6) is 0 Å². The van der Waals surface area contributed by atoms with Crippen molar-refractivity contribution < 1.29 is 4.74 Å². The molecule has 0 aromatic heterocycles. The third kappa shape index (κ3) is 3.99. The van der Waals surface area contributed by atoms with Crippen molar-refractivity contribution in [1.82, 2.24) is 4.90 Å². The molecule has 0 saturated carbocycles. The fraction of sp³-hybridized carbons (Fsp3) is 0.455. The summed E-state index contributed by atoms with van der Waals surface area (Å²) in [6.45, 7) is 4.77. The maximum atomic E-state index is 5.82. The first kappa shape index (κ1) is 12.8. The van der Waals surface area contributed by atoms with Gasteiger partial charge in [-0.25, -0.2) is 0 Å². The van der Waals surface area contributed by atoms with E-state index in [0.29, 0.717) is 0 Å². The van der Waals surface area contributed by atoms with Gasteiger partial charge in [-0.3, -0.25) is 4.90 Å². The van der Waals surface area contributed by atoms with E-state index in [9.17, 15) is 0 Å². The van der Waals surface area contributed by atoms with E-state index in [-0.39, 0.29) is 12.4 Å². The summed E-state index contributed by atoms with van der Waals surface area (Å²) in [5.41, 5.74) is 1.32. The third-order valence-corrected chi connectivity index (χ3v) is 2.68. The van der Waals surface area contributed by atoms with Crippen LogP contribution in [-0.2, 0) is 11.3 Å². The Balaban J connectivity index is 0.00000112. The maximum absolute atomic E-state index is 5.82. The number of benzene rings is 1. The molecule has 1 aromatic rings. The summed E-state index contributed by atoms with van der Waals surface area (Å²) < 4.78 is 5.29. The Labute approximate surface area is 102 Å². The van der Waals surface area contributed by atoms with E-state index in [1.54, 1.807) is 0 Å². The molecule has 1 aliphatic heterocycles. The number of morpholine rings is 1. The number of nitrogens with zero attached hydrogens (tertiary/aromatic N) is 1. The van der Waals surface area contributed by atoms with E-state index in [4.69, 9.17) is 16.3 Å². The average molecular weight is 248 g/mol. The number of hydrogen-bond donors (Lipinski definition) is 0. The van der Waals surface area contributed by atoms with Gasteiger partial charge in [0.2, 0.25) is 0 Å². The minimum absolute atomic E-state index is 0. The highest BCUT2D eigenvalue weighted by molar-refractivity contribution is 6.30. The second-order valence-corrected chi connectivity index (χ2v) is 3.95. The fourth-order valence-corrected chi connectivity index (χ4v) is 1.73. The normalized spacial score (nSPS) is 17.1. The Kier molecular flexibility index (Phi) is 5.40. The predicted octanol–water partition coefficient (Wildman–Crippen LogP) is 2.59. The van der Waals surface area contributed by atoms with Gasteiger partial charge in [-0.1, -0.05) is 23.7 Å². The Bertz CT molecular complexity index is 283. The molecule has 1 heterocycles. The van der Waals surface area contributed by atoms with Gasteiger partial charge < -0.3 is 4.74 Å². The number of rotatable bonds is 2. The number of ether oxygens (including phenoxy) is 1. The molecule has 0 bridgehead atoms. The van der Waals surface area contributed by atoms with Crippen LogP contribution in [0.1, 0.15) is 5.56 Å². The van der Waals surface area contributed by atoms with Crippen molar-refractivity contribution in [2.45, 2.75) is 6.54 Å². The molecule has 0 radical (unpaired) electrons. The maximum Gasteiger partial charge on any atom is 0.0594 e. The van der Waals surface area contributed by atoms with Crippen molar-refractivity contribution >= 4 is 24.0 Å². The molecule has 0 aliphatic carbocycles. The summed E-state index contributed by atoms with van der Waals surface area (Å²) in [6, 6.07) is 8.05. The first-order valence-electron chi connectivity index (χ1n) is 4.89. The van der Waals surface area contributed by atoms with Crippen LogP contribution in [-0.4, -0.2) is 31.2 Å². The van der Waals surface area contributed by atoms with Crippen molar-refractivity contribution in [2.24, 2.45) is 0 Å². The Morgan fingerprint density at radius 1 is 1.13 bits per heavy atom. The van der Waals surface area contributed by atoms with Crippen LogP contribution in [0.25, 0.3) is 0 Å². The lowest BCUT2D eigenvalue weighted by Gasteiger charge is -2.26. The van der Waals surface area contributed by atoms with Gasteiger partial charge in [-0.2, -0.15) is 0 Å². The van der Waals surface area contributed by atoms with Gasteiger partial charge in [0, 0.05) is 24.7 Å². The Morgan fingerprint density at radius 2 is 1.73 bits per heavy atom. The van der Waals surface area contributed by atoms with Crippen LogP contribution < -0.4 is 0 Å². The molecule has 0 atom stereocenters. The van der Waals surface area contributed by atoms with E-state index in [1.807, 2.05) is 12.1 Å². The van der Waals surface area contributed by atoms with Crippen LogP contribution in [0.4, 0.5) is 0 Å².